The molecule has 1 aliphatic carbocycles. The average Bonchev–Trinajstić information content (AvgIpc) is 3.16. The van der Waals surface area contributed by atoms with Crippen LogP contribution in [0.25, 0.3) is 11.1 Å². The highest BCUT2D eigenvalue weighted by Gasteiger charge is 2.49. The summed E-state index contributed by atoms with van der Waals surface area (Å²) in [5.74, 6) is -0.130. The van der Waals surface area contributed by atoms with Gasteiger partial charge >= 0.3 is 0 Å². The maximum absolute atomic E-state index is 13.5. The molecule has 6 nitrogen and oxygen atoms in total. The smallest absolute Gasteiger partial charge is 0.271 e. The summed E-state index contributed by atoms with van der Waals surface area (Å²) >= 11 is 0. The molecule has 0 unspecified atom stereocenters. The Labute approximate surface area is 166 Å². The van der Waals surface area contributed by atoms with Crippen molar-refractivity contribution >= 4 is 22.9 Å². The predicted molar refractivity (Wildman–Crippen MR) is 108 cm³/mol. The molecule has 0 bridgehead atoms. The molecular formula is C22H31N3O3. The SMILES string of the molecule is CC[C@H](C)N1C(=O)c2cc3occc3n2C[C@]1(C)C(=O)NC1CCCCCC1. The number of furan rings is 1. The number of hydrogen-bond donors (Lipinski definition) is 1. The summed E-state index contributed by atoms with van der Waals surface area (Å²) in [7, 11) is 0. The van der Waals surface area contributed by atoms with E-state index < -0.39 is 5.54 Å². The Kier molecular flexibility index (Phi) is 4.98. The van der Waals surface area contributed by atoms with Crippen molar-refractivity contribution in [2.24, 2.45) is 0 Å². The van der Waals surface area contributed by atoms with Crippen LogP contribution in [-0.4, -0.2) is 38.9 Å². The van der Waals surface area contributed by atoms with Gasteiger partial charge in [-0.3, -0.25) is 9.59 Å². The van der Waals surface area contributed by atoms with E-state index in [1.807, 2.05) is 24.5 Å². The normalized spacial score (nSPS) is 24.8. The third-order valence-corrected chi connectivity index (χ3v) is 6.67. The van der Waals surface area contributed by atoms with Gasteiger partial charge in [-0.25, -0.2) is 0 Å². The Balaban J connectivity index is 1.70. The Bertz CT molecular complexity index is 875. The largest absolute Gasteiger partial charge is 0.463 e. The van der Waals surface area contributed by atoms with Crippen molar-refractivity contribution in [1.29, 1.82) is 0 Å². The molecule has 0 spiro atoms. The molecule has 3 heterocycles. The second-order valence-electron chi connectivity index (χ2n) is 8.65. The summed E-state index contributed by atoms with van der Waals surface area (Å²) < 4.78 is 7.46. The Hall–Kier alpha value is -2.24. The van der Waals surface area contributed by atoms with Gasteiger partial charge in [0.1, 0.15) is 11.2 Å². The van der Waals surface area contributed by atoms with E-state index in [1.165, 1.54) is 12.8 Å². The predicted octanol–water partition coefficient (Wildman–Crippen LogP) is 4.09. The molecule has 2 aromatic heterocycles. The molecule has 152 valence electrons. The highest BCUT2D eigenvalue weighted by Crippen LogP contribution is 2.35. The van der Waals surface area contributed by atoms with Crippen molar-refractivity contribution in [3.05, 3.63) is 24.1 Å². The topological polar surface area (TPSA) is 67.5 Å². The molecule has 2 aromatic rings. The maximum Gasteiger partial charge on any atom is 0.271 e. The van der Waals surface area contributed by atoms with Crippen LogP contribution >= 0.6 is 0 Å². The molecule has 4 rings (SSSR count). The minimum Gasteiger partial charge on any atom is -0.463 e. The lowest BCUT2D eigenvalue weighted by Crippen LogP contribution is -2.66. The van der Waals surface area contributed by atoms with Crippen molar-refractivity contribution in [2.75, 3.05) is 0 Å². The fourth-order valence-corrected chi connectivity index (χ4v) is 4.87. The van der Waals surface area contributed by atoms with Crippen molar-refractivity contribution in [3.8, 4) is 0 Å². The molecule has 2 amide bonds. The summed E-state index contributed by atoms with van der Waals surface area (Å²) in [5, 5.41) is 3.29. The molecule has 0 aromatic carbocycles. The van der Waals surface area contributed by atoms with Crippen LogP contribution in [0, 0.1) is 0 Å². The first kappa shape index (κ1) is 19.1. The first-order valence-corrected chi connectivity index (χ1v) is 10.7. The maximum atomic E-state index is 13.5. The molecule has 1 N–H and O–H groups in total. The number of carbonyl (C=O) groups is 2. The average molecular weight is 386 g/mol. The van der Waals surface area contributed by atoms with Gasteiger partial charge in [0.2, 0.25) is 5.91 Å². The number of nitrogens with zero attached hydrogens (tertiary/aromatic N) is 2. The highest BCUT2D eigenvalue weighted by atomic mass is 16.3. The third kappa shape index (κ3) is 3.03. The number of amides is 2. The van der Waals surface area contributed by atoms with E-state index in [1.54, 1.807) is 17.2 Å². The number of aromatic nitrogens is 1. The van der Waals surface area contributed by atoms with E-state index in [9.17, 15) is 9.59 Å². The summed E-state index contributed by atoms with van der Waals surface area (Å²) in [6.45, 7) is 6.44. The third-order valence-electron chi connectivity index (χ3n) is 6.67. The van der Waals surface area contributed by atoms with Gasteiger partial charge in [-0.05, 0) is 33.1 Å². The molecule has 28 heavy (non-hydrogen) atoms. The molecule has 2 aliphatic rings. The first-order chi connectivity index (χ1) is 13.5. The van der Waals surface area contributed by atoms with Gasteiger partial charge in [0.05, 0.1) is 18.3 Å². The summed E-state index contributed by atoms with van der Waals surface area (Å²) in [5.41, 5.74) is 1.26. The Morgan fingerprint density at radius 3 is 2.71 bits per heavy atom. The number of rotatable bonds is 4. The molecule has 6 heteroatoms. The molecule has 1 fully saturated rings. The number of carbonyl (C=O) groups excluding carboxylic acids is 2. The zero-order valence-corrected chi connectivity index (χ0v) is 17.2. The molecular weight excluding hydrogens is 354 g/mol. The second kappa shape index (κ2) is 7.30. The van der Waals surface area contributed by atoms with Crippen LogP contribution in [0.5, 0.6) is 0 Å². The fraction of sp³-hybridized carbons (Fsp3) is 0.636. The van der Waals surface area contributed by atoms with E-state index in [4.69, 9.17) is 4.42 Å². The lowest BCUT2D eigenvalue weighted by molar-refractivity contribution is -0.135. The van der Waals surface area contributed by atoms with Gasteiger partial charge in [0.25, 0.3) is 5.91 Å². The van der Waals surface area contributed by atoms with Gasteiger partial charge in [0, 0.05) is 24.2 Å². The summed E-state index contributed by atoms with van der Waals surface area (Å²) in [6, 6.07) is 3.86. The molecule has 0 saturated heterocycles. The van der Waals surface area contributed by atoms with E-state index in [-0.39, 0.29) is 23.9 Å². The number of hydrogen-bond acceptors (Lipinski definition) is 3. The highest BCUT2D eigenvalue weighted by molar-refractivity contribution is 6.03. The molecule has 2 atom stereocenters. The van der Waals surface area contributed by atoms with Crippen LogP contribution < -0.4 is 5.32 Å². The quantitative estimate of drug-likeness (QED) is 0.806. The Morgan fingerprint density at radius 2 is 2.04 bits per heavy atom. The molecule has 1 saturated carbocycles. The minimum atomic E-state index is -0.922. The van der Waals surface area contributed by atoms with Gasteiger partial charge in [-0.15, -0.1) is 0 Å². The standard InChI is InChI=1S/C22H31N3O3/c1-4-15(2)25-20(26)18-13-19-17(11-12-28-19)24(18)14-22(25,3)21(27)23-16-9-7-5-6-8-10-16/h11-13,15-16H,4-10,14H2,1-3H3,(H,23,27)/t15-,22+/m0/s1. The van der Waals surface area contributed by atoms with Gasteiger partial charge in [-0.1, -0.05) is 32.6 Å². The van der Waals surface area contributed by atoms with Crippen LogP contribution in [0.4, 0.5) is 0 Å². The van der Waals surface area contributed by atoms with E-state index >= 15 is 0 Å². The van der Waals surface area contributed by atoms with Crippen molar-refractivity contribution in [1.82, 2.24) is 14.8 Å². The molecule has 1 aliphatic heterocycles. The lowest BCUT2D eigenvalue weighted by atomic mass is 9.91. The Morgan fingerprint density at radius 1 is 1.32 bits per heavy atom. The van der Waals surface area contributed by atoms with Crippen LogP contribution in [-0.2, 0) is 11.3 Å². The first-order valence-electron chi connectivity index (χ1n) is 10.7. The van der Waals surface area contributed by atoms with Crippen LogP contribution in [0.2, 0.25) is 0 Å². The van der Waals surface area contributed by atoms with Crippen LogP contribution in [0.3, 0.4) is 0 Å². The molecule has 0 radical (unpaired) electrons. The number of nitrogens with one attached hydrogen (secondary N) is 1. The van der Waals surface area contributed by atoms with Crippen molar-refractivity contribution < 1.29 is 14.0 Å². The van der Waals surface area contributed by atoms with Gasteiger partial charge < -0.3 is 19.2 Å². The van der Waals surface area contributed by atoms with E-state index in [0.717, 1.165) is 37.6 Å². The minimum absolute atomic E-state index is 0.0210. The fourth-order valence-electron chi connectivity index (χ4n) is 4.87. The second-order valence-corrected chi connectivity index (χ2v) is 8.65. The van der Waals surface area contributed by atoms with Crippen LogP contribution in [0.1, 0.15) is 76.2 Å². The zero-order valence-electron chi connectivity index (χ0n) is 17.2. The summed E-state index contributed by atoms with van der Waals surface area (Å²) in [4.78, 5) is 28.8. The zero-order chi connectivity index (χ0) is 19.9. The van der Waals surface area contributed by atoms with E-state index in [0.29, 0.717) is 17.8 Å². The van der Waals surface area contributed by atoms with E-state index in [2.05, 4.69) is 12.2 Å². The van der Waals surface area contributed by atoms with Gasteiger partial charge in [0.15, 0.2) is 5.58 Å². The van der Waals surface area contributed by atoms with Crippen molar-refractivity contribution in [2.45, 2.75) is 89.9 Å². The van der Waals surface area contributed by atoms with Gasteiger partial charge in [-0.2, -0.15) is 0 Å². The lowest BCUT2D eigenvalue weighted by Gasteiger charge is -2.47. The van der Waals surface area contributed by atoms with Crippen molar-refractivity contribution in [3.63, 3.8) is 0 Å². The number of fused-ring (bicyclic) bond motifs is 3. The van der Waals surface area contributed by atoms with Crippen LogP contribution in [0.15, 0.2) is 22.8 Å². The summed E-state index contributed by atoms with van der Waals surface area (Å²) in [6.07, 6.45) is 9.29. The monoisotopic (exact) mass is 385 g/mol.